The fourth-order valence-electron chi connectivity index (χ4n) is 2.39. The van der Waals surface area contributed by atoms with Crippen LogP contribution in [0.1, 0.15) is 16.8 Å². The summed E-state index contributed by atoms with van der Waals surface area (Å²) in [5.41, 5.74) is 3.56. The molecule has 6 heteroatoms. The van der Waals surface area contributed by atoms with Crippen LogP contribution in [0.25, 0.3) is 5.65 Å². The second-order valence-electron chi connectivity index (χ2n) is 5.30. The lowest BCUT2D eigenvalue weighted by Gasteiger charge is -2.10. The minimum absolute atomic E-state index is 0.0549. The fraction of sp³-hybridized carbons (Fsp3) is 0.176. The summed E-state index contributed by atoms with van der Waals surface area (Å²) in [4.78, 5) is 16.7. The largest absolute Gasteiger partial charge is 0.392 e. The molecule has 0 aliphatic rings. The van der Waals surface area contributed by atoms with Crippen molar-refractivity contribution in [1.29, 1.82) is 0 Å². The number of nitrogens with zero attached hydrogens (tertiary/aromatic N) is 2. The van der Waals surface area contributed by atoms with E-state index in [0.717, 1.165) is 11.1 Å². The molecule has 0 saturated carbocycles. The second kappa shape index (κ2) is 6.40. The highest BCUT2D eigenvalue weighted by molar-refractivity contribution is 6.33. The number of aliphatic hydroxyl groups excluding tert-OH is 1. The van der Waals surface area contributed by atoms with Crippen LogP contribution in [-0.2, 0) is 13.2 Å². The molecular formula is C17H16ClN3O2. The molecule has 3 aromatic rings. The number of halogens is 1. The van der Waals surface area contributed by atoms with E-state index < -0.39 is 0 Å². The first-order valence-electron chi connectivity index (χ1n) is 7.19. The maximum Gasteiger partial charge on any atom is 0.258 e. The maximum atomic E-state index is 12.2. The lowest BCUT2D eigenvalue weighted by molar-refractivity contribution is 0.282. The SMILES string of the molecule is Cc1cccn2c(=O)cc(CNc3cc(CO)ccc3Cl)nc12. The van der Waals surface area contributed by atoms with Gasteiger partial charge in [-0.25, -0.2) is 4.98 Å². The smallest absolute Gasteiger partial charge is 0.258 e. The van der Waals surface area contributed by atoms with Gasteiger partial charge in [0.25, 0.3) is 5.56 Å². The summed E-state index contributed by atoms with van der Waals surface area (Å²) in [5.74, 6) is 0. The summed E-state index contributed by atoms with van der Waals surface area (Å²) < 4.78 is 1.53. The Morgan fingerprint density at radius 3 is 2.91 bits per heavy atom. The predicted octanol–water partition coefficient (Wildman–Crippen LogP) is 2.76. The van der Waals surface area contributed by atoms with Crippen LogP contribution in [-0.4, -0.2) is 14.5 Å². The van der Waals surface area contributed by atoms with Gasteiger partial charge in [0.05, 0.1) is 29.6 Å². The summed E-state index contributed by atoms with van der Waals surface area (Å²) in [5, 5.41) is 12.9. The fourth-order valence-corrected chi connectivity index (χ4v) is 2.58. The van der Waals surface area contributed by atoms with Crippen LogP contribution in [0.3, 0.4) is 0 Å². The number of hydrogen-bond donors (Lipinski definition) is 2. The zero-order valence-electron chi connectivity index (χ0n) is 12.6. The third-order valence-corrected chi connectivity index (χ3v) is 3.94. The van der Waals surface area contributed by atoms with Gasteiger partial charge in [-0.05, 0) is 36.2 Å². The average molecular weight is 330 g/mol. The zero-order valence-corrected chi connectivity index (χ0v) is 13.3. The minimum Gasteiger partial charge on any atom is -0.392 e. The van der Waals surface area contributed by atoms with Crippen molar-refractivity contribution in [3.8, 4) is 0 Å². The van der Waals surface area contributed by atoms with Crippen LogP contribution in [0.4, 0.5) is 5.69 Å². The van der Waals surface area contributed by atoms with Crippen LogP contribution in [0.5, 0.6) is 0 Å². The van der Waals surface area contributed by atoms with Gasteiger partial charge in [0.2, 0.25) is 0 Å². The number of hydrogen-bond acceptors (Lipinski definition) is 4. The molecule has 118 valence electrons. The molecule has 0 radical (unpaired) electrons. The Labute approximate surface area is 138 Å². The van der Waals surface area contributed by atoms with Crippen molar-refractivity contribution < 1.29 is 5.11 Å². The van der Waals surface area contributed by atoms with Gasteiger partial charge in [0.15, 0.2) is 0 Å². The summed E-state index contributed by atoms with van der Waals surface area (Å²) >= 11 is 6.14. The number of rotatable bonds is 4. The van der Waals surface area contributed by atoms with Crippen LogP contribution in [0.2, 0.25) is 5.02 Å². The molecule has 0 unspecified atom stereocenters. The molecule has 0 saturated heterocycles. The van der Waals surface area contributed by atoms with Crippen LogP contribution in [0.15, 0.2) is 47.4 Å². The quantitative estimate of drug-likeness (QED) is 0.772. The van der Waals surface area contributed by atoms with Crippen LogP contribution in [0, 0.1) is 6.92 Å². The van der Waals surface area contributed by atoms with E-state index >= 15 is 0 Å². The van der Waals surface area contributed by atoms with E-state index in [1.165, 1.54) is 10.5 Å². The van der Waals surface area contributed by atoms with Crippen molar-refractivity contribution in [1.82, 2.24) is 9.38 Å². The molecule has 23 heavy (non-hydrogen) atoms. The molecule has 1 aromatic carbocycles. The number of aromatic nitrogens is 2. The molecule has 5 nitrogen and oxygen atoms in total. The summed E-state index contributed by atoms with van der Waals surface area (Å²) in [6.45, 7) is 2.23. The monoisotopic (exact) mass is 329 g/mol. The molecule has 0 atom stereocenters. The normalized spacial score (nSPS) is 10.9. The van der Waals surface area contributed by atoms with E-state index in [0.29, 0.717) is 28.6 Å². The Hall–Kier alpha value is -2.37. The van der Waals surface area contributed by atoms with Gasteiger partial charge >= 0.3 is 0 Å². The first kappa shape index (κ1) is 15.5. The summed E-state index contributed by atoms with van der Waals surface area (Å²) in [7, 11) is 0. The van der Waals surface area contributed by atoms with Gasteiger partial charge in [-0.1, -0.05) is 23.7 Å². The molecule has 3 rings (SSSR count). The van der Waals surface area contributed by atoms with Crippen LogP contribution >= 0.6 is 11.6 Å². The van der Waals surface area contributed by atoms with E-state index in [9.17, 15) is 9.90 Å². The van der Waals surface area contributed by atoms with Crippen molar-refractivity contribution in [3.63, 3.8) is 0 Å². The molecule has 2 N–H and O–H groups in total. The molecule has 0 amide bonds. The zero-order chi connectivity index (χ0) is 16.4. The van der Waals surface area contributed by atoms with E-state index in [-0.39, 0.29) is 12.2 Å². The van der Waals surface area contributed by atoms with E-state index in [2.05, 4.69) is 10.3 Å². The highest BCUT2D eigenvalue weighted by Crippen LogP contribution is 2.23. The molecule has 2 heterocycles. The molecule has 2 aromatic heterocycles. The Kier molecular flexibility index (Phi) is 4.32. The van der Waals surface area contributed by atoms with Crippen molar-refractivity contribution in [2.45, 2.75) is 20.1 Å². The standard InChI is InChI=1S/C17H16ClN3O2/c1-11-3-2-6-21-16(23)8-13(20-17(11)21)9-19-15-7-12(10-22)4-5-14(15)18/h2-8,19,22H,9-10H2,1H3. The molecule has 0 bridgehead atoms. The minimum atomic E-state index is -0.120. The topological polar surface area (TPSA) is 66.6 Å². The van der Waals surface area contributed by atoms with Gasteiger partial charge in [0, 0.05) is 12.3 Å². The van der Waals surface area contributed by atoms with Crippen molar-refractivity contribution in [2.24, 2.45) is 0 Å². The number of aryl methyl sites for hydroxylation is 1. The molecule has 0 aliphatic carbocycles. The Balaban J connectivity index is 1.91. The first-order chi connectivity index (χ1) is 11.1. The summed E-state index contributed by atoms with van der Waals surface area (Å²) in [6.07, 6.45) is 1.70. The summed E-state index contributed by atoms with van der Waals surface area (Å²) in [6, 6.07) is 10.5. The number of anilines is 1. The number of fused-ring (bicyclic) bond motifs is 1. The van der Waals surface area contributed by atoms with E-state index in [1.807, 2.05) is 19.1 Å². The molecule has 0 spiro atoms. The predicted molar refractivity (Wildman–Crippen MR) is 90.9 cm³/mol. The van der Waals surface area contributed by atoms with Crippen molar-refractivity contribution >= 4 is 22.9 Å². The first-order valence-corrected chi connectivity index (χ1v) is 7.57. The number of aliphatic hydroxyl groups is 1. The van der Waals surface area contributed by atoms with E-state index in [1.54, 1.807) is 24.4 Å². The van der Waals surface area contributed by atoms with E-state index in [4.69, 9.17) is 11.6 Å². The van der Waals surface area contributed by atoms with Crippen molar-refractivity contribution in [2.75, 3.05) is 5.32 Å². The van der Waals surface area contributed by atoms with Crippen molar-refractivity contribution in [3.05, 3.63) is 74.8 Å². The highest BCUT2D eigenvalue weighted by Gasteiger charge is 2.06. The van der Waals surface area contributed by atoms with Gasteiger partial charge in [-0.2, -0.15) is 0 Å². The molecular weight excluding hydrogens is 314 g/mol. The third-order valence-electron chi connectivity index (χ3n) is 3.61. The number of nitrogens with one attached hydrogen (secondary N) is 1. The van der Waals surface area contributed by atoms with Crippen LogP contribution < -0.4 is 10.9 Å². The average Bonchev–Trinajstić information content (AvgIpc) is 2.55. The molecule has 0 aliphatic heterocycles. The second-order valence-corrected chi connectivity index (χ2v) is 5.70. The van der Waals surface area contributed by atoms with Gasteiger partial charge in [-0.3, -0.25) is 9.20 Å². The number of pyridine rings is 1. The number of benzene rings is 1. The van der Waals surface area contributed by atoms with Gasteiger partial charge in [-0.15, -0.1) is 0 Å². The lowest BCUT2D eigenvalue weighted by atomic mass is 10.2. The Morgan fingerprint density at radius 2 is 2.13 bits per heavy atom. The lowest BCUT2D eigenvalue weighted by Crippen LogP contribution is -2.17. The third kappa shape index (κ3) is 3.21. The van der Waals surface area contributed by atoms with Gasteiger partial charge in [0.1, 0.15) is 5.65 Å². The molecule has 0 fully saturated rings. The Bertz CT molecular complexity index is 921. The maximum absolute atomic E-state index is 12.2. The Morgan fingerprint density at radius 1 is 1.30 bits per heavy atom. The van der Waals surface area contributed by atoms with Gasteiger partial charge < -0.3 is 10.4 Å². The highest BCUT2D eigenvalue weighted by atomic mass is 35.5.